The minimum Gasteiger partial charge on any atom is -0.480 e. The zero-order valence-electron chi connectivity index (χ0n) is 12.7. The molecule has 0 aromatic heterocycles. The van der Waals surface area contributed by atoms with Crippen LogP contribution < -0.4 is 5.32 Å². The van der Waals surface area contributed by atoms with Crippen LogP contribution in [-0.2, 0) is 9.53 Å². The number of nitrogens with zero attached hydrogens (tertiary/aromatic N) is 1. The van der Waals surface area contributed by atoms with Gasteiger partial charge in [0.2, 0.25) is 0 Å². The monoisotopic (exact) mass is 298 g/mol. The van der Waals surface area contributed by atoms with E-state index >= 15 is 0 Å². The van der Waals surface area contributed by atoms with Crippen LogP contribution in [0, 0.1) is 5.92 Å². The van der Waals surface area contributed by atoms with Crippen molar-refractivity contribution in [3.63, 3.8) is 0 Å². The van der Waals surface area contributed by atoms with Gasteiger partial charge in [-0.1, -0.05) is 26.2 Å². The Bertz CT molecular complexity index is 369. The van der Waals surface area contributed by atoms with E-state index in [1.165, 1.54) is 0 Å². The van der Waals surface area contributed by atoms with Gasteiger partial charge in [-0.3, -0.25) is 0 Å². The molecular formula is C15H26N2O4. The summed E-state index contributed by atoms with van der Waals surface area (Å²) in [6.07, 6.45) is 5.86. The van der Waals surface area contributed by atoms with Crippen molar-refractivity contribution in [3.05, 3.63) is 0 Å². The zero-order chi connectivity index (χ0) is 15.2. The molecule has 21 heavy (non-hydrogen) atoms. The summed E-state index contributed by atoms with van der Waals surface area (Å²) in [6.45, 7) is 3.59. The first-order valence-electron chi connectivity index (χ1n) is 8.01. The fourth-order valence-corrected chi connectivity index (χ4v) is 3.33. The zero-order valence-corrected chi connectivity index (χ0v) is 12.7. The minimum atomic E-state index is -0.920. The molecule has 2 aliphatic rings. The number of carbonyl (C=O) groups is 2. The number of aliphatic carboxylic acids is 1. The van der Waals surface area contributed by atoms with E-state index in [0.29, 0.717) is 19.8 Å². The average Bonchev–Trinajstić information content (AvgIpc) is 2.52. The Labute approximate surface area is 125 Å². The number of carboxylic acids is 1. The Kier molecular flexibility index (Phi) is 5.85. The molecular weight excluding hydrogens is 272 g/mol. The molecule has 1 saturated heterocycles. The molecule has 0 aromatic rings. The number of ether oxygens (including phenoxy) is 1. The third kappa shape index (κ3) is 4.09. The first-order valence-corrected chi connectivity index (χ1v) is 8.01. The topological polar surface area (TPSA) is 78.9 Å². The Morgan fingerprint density at radius 3 is 2.67 bits per heavy atom. The van der Waals surface area contributed by atoms with Crippen molar-refractivity contribution < 1.29 is 19.4 Å². The number of amides is 2. The second kappa shape index (κ2) is 7.64. The van der Waals surface area contributed by atoms with Crippen LogP contribution in [0.15, 0.2) is 0 Å². The van der Waals surface area contributed by atoms with E-state index < -0.39 is 12.0 Å². The van der Waals surface area contributed by atoms with Crippen molar-refractivity contribution in [1.29, 1.82) is 0 Å². The van der Waals surface area contributed by atoms with Gasteiger partial charge in [0.05, 0.1) is 19.3 Å². The van der Waals surface area contributed by atoms with E-state index in [1.807, 2.05) is 6.92 Å². The summed E-state index contributed by atoms with van der Waals surface area (Å²) in [5, 5.41) is 12.2. The van der Waals surface area contributed by atoms with Gasteiger partial charge in [-0.05, 0) is 25.2 Å². The number of morpholine rings is 1. The molecule has 1 heterocycles. The smallest absolute Gasteiger partial charge is 0.326 e. The first-order chi connectivity index (χ1) is 10.1. The molecule has 1 aliphatic carbocycles. The Balaban J connectivity index is 1.98. The van der Waals surface area contributed by atoms with Crippen LogP contribution in [0.3, 0.4) is 0 Å². The summed E-state index contributed by atoms with van der Waals surface area (Å²) in [6, 6.07) is -0.985. The second-order valence-corrected chi connectivity index (χ2v) is 5.99. The Hall–Kier alpha value is -1.30. The molecule has 1 saturated carbocycles. The van der Waals surface area contributed by atoms with Gasteiger partial charge in [0.1, 0.15) is 6.04 Å². The lowest BCUT2D eigenvalue weighted by Gasteiger charge is -2.37. The van der Waals surface area contributed by atoms with Gasteiger partial charge in [0.15, 0.2) is 0 Å². The summed E-state index contributed by atoms with van der Waals surface area (Å²) in [4.78, 5) is 25.7. The predicted molar refractivity (Wildman–Crippen MR) is 78.1 cm³/mol. The number of carboxylic acid groups (broad SMARTS) is 1. The van der Waals surface area contributed by atoms with Gasteiger partial charge in [-0.2, -0.15) is 0 Å². The number of carbonyl (C=O) groups excluding carboxylic acids is 1. The lowest BCUT2D eigenvalue weighted by atomic mass is 9.84. The molecule has 0 aromatic carbocycles. The molecule has 1 aliphatic heterocycles. The predicted octanol–water partition coefficient (Wildman–Crippen LogP) is 1.84. The number of hydrogen-bond acceptors (Lipinski definition) is 3. The van der Waals surface area contributed by atoms with Crippen LogP contribution in [0.25, 0.3) is 0 Å². The SMILES string of the molecule is CCC1COCCN1C(=O)NC(C(=O)O)C1CCCCC1. The number of hydrogen-bond donors (Lipinski definition) is 2. The quantitative estimate of drug-likeness (QED) is 0.830. The normalized spacial score (nSPS) is 25.4. The molecule has 0 spiro atoms. The highest BCUT2D eigenvalue weighted by molar-refractivity contribution is 5.83. The van der Waals surface area contributed by atoms with E-state index in [-0.39, 0.29) is 18.0 Å². The molecule has 2 unspecified atom stereocenters. The molecule has 2 rings (SSSR count). The summed E-state index contributed by atoms with van der Waals surface area (Å²) in [7, 11) is 0. The first kappa shape index (κ1) is 16.1. The fraction of sp³-hybridized carbons (Fsp3) is 0.867. The van der Waals surface area contributed by atoms with E-state index in [9.17, 15) is 14.7 Å². The van der Waals surface area contributed by atoms with Crippen molar-refractivity contribution in [2.75, 3.05) is 19.8 Å². The highest BCUT2D eigenvalue weighted by Gasteiger charge is 2.34. The third-order valence-electron chi connectivity index (χ3n) is 4.63. The lowest BCUT2D eigenvalue weighted by Crippen LogP contribution is -2.57. The van der Waals surface area contributed by atoms with Crippen LogP contribution >= 0.6 is 0 Å². The molecule has 2 N–H and O–H groups in total. The van der Waals surface area contributed by atoms with Gasteiger partial charge >= 0.3 is 12.0 Å². The fourth-order valence-electron chi connectivity index (χ4n) is 3.33. The number of rotatable bonds is 4. The summed E-state index contributed by atoms with van der Waals surface area (Å²) < 4.78 is 5.38. The van der Waals surface area contributed by atoms with Crippen LogP contribution in [-0.4, -0.2) is 53.8 Å². The minimum absolute atomic E-state index is 0.0413. The van der Waals surface area contributed by atoms with Gasteiger partial charge in [-0.25, -0.2) is 9.59 Å². The van der Waals surface area contributed by atoms with Crippen molar-refractivity contribution in [3.8, 4) is 0 Å². The maximum Gasteiger partial charge on any atom is 0.326 e. The Morgan fingerprint density at radius 1 is 1.33 bits per heavy atom. The van der Waals surface area contributed by atoms with Crippen molar-refractivity contribution in [1.82, 2.24) is 10.2 Å². The van der Waals surface area contributed by atoms with E-state index in [2.05, 4.69) is 5.32 Å². The number of nitrogens with one attached hydrogen (secondary N) is 1. The van der Waals surface area contributed by atoms with Crippen molar-refractivity contribution in [2.24, 2.45) is 5.92 Å². The third-order valence-corrected chi connectivity index (χ3v) is 4.63. The van der Waals surface area contributed by atoms with Crippen molar-refractivity contribution >= 4 is 12.0 Å². The lowest BCUT2D eigenvalue weighted by molar-refractivity contribution is -0.141. The van der Waals surface area contributed by atoms with E-state index in [0.717, 1.165) is 38.5 Å². The number of urea groups is 1. The molecule has 2 atom stereocenters. The van der Waals surface area contributed by atoms with Gasteiger partial charge in [0.25, 0.3) is 0 Å². The highest BCUT2D eigenvalue weighted by atomic mass is 16.5. The maximum absolute atomic E-state index is 12.4. The van der Waals surface area contributed by atoms with Gasteiger partial charge in [-0.15, -0.1) is 0 Å². The van der Waals surface area contributed by atoms with Gasteiger partial charge in [0, 0.05) is 6.54 Å². The van der Waals surface area contributed by atoms with E-state index in [4.69, 9.17) is 4.74 Å². The van der Waals surface area contributed by atoms with Crippen LogP contribution in [0.2, 0.25) is 0 Å². The highest BCUT2D eigenvalue weighted by Crippen LogP contribution is 2.27. The molecule has 6 heteroatoms. The molecule has 2 amide bonds. The maximum atomic E-state index is 12.4. The second-order valence-electron chi connectivity index (χ2n) is 5.99. The van der Waals surface area contributed by atoms with Crippen LogP contribution in [0.1, 0.15) is 45.4 Å². The molecule has 0 bridgehead atoms. The standard InChI is InChI=1S/C15H26N2O4/c1-2-12-10-21-9-8-17(12)15(20)16-13(14(18)19)11-6-4-3-5-7-11/h11-13H,2-10H2,1H3,(H,16,20)(H,18,19). The molecule has 0 radical (unpaired) electrons. The van der Waals surface area contributed by atoms with Gasteiger partial charge < -0.3 is 20.1 Å². The van der Waals surface area contributed by atoms with Crippen molar-refractivity contribution in [2.45, 2.75) is 57.5 Å². The van der Waals surface area contributed by atoms with Crippen LogP contribution in [0.5, 0.6) is 0 Å². The summed E-state index contributed by atoms with van der Waals surface area (Å²) in [5.74, 6) is -0.863. The summed E-state index contributed by atoms with van der Waals surface area (Å²) in [5.41, 5.74) is 0. The largest absolute Gasteiger partial charge is 0.480 e. The summed E-state index contributed by atoms with van der Waals surface area (Å²) >= 11 is 0. The van der Waals surface area contributed by atoms with Crippen LogP contribution in [0.4, 0.5) is 4.79 Å². The Morgan fingerprint density at radius 2 is 2.05 bits per heavy atom. The van der Waals surface area contributed by atoms with E-state index in [1.54, 1.807) is 4.90 Å². The average molecular weight is 298 g/mol. The molecule has 2 fully saturated rings. The molecule has 120 valence electrons. The molecule has 6 nitrogen and oxygen atoms in total.